The van der Waals surface area contributed by atoms with Gasteiger partial charge in [-0.2, -0.15) is 0 Å². The van der Waals surface area contributed by atoms with Gasteiger partial charge in [-0.3, -0.25) is 9.59 Å². The Morgan fingerprint density at radius 3 is 2.75 bits per heavy atom. The number of ether oxygens (including phenoxy) is 1. The van der Waals surface area contributed by atoms with Gasteiger partial charge in [-0.05, 0) is 17.7 Å². The highest BCUT2D eigenvalue weighted by Gasteiger charge is 2.32. The highest BCUT2D eigenvalue weighted by Crippen LogP contribution is 2.38. The first-order valence-electron chi connectivity index (χ1n) is 6.39. The number of methoxy groups -OCH3 is 1. The van der Waals surface area contributed by atoms with Crippen molar-refractivity contribution in [2.24, 2.45) is 0 Å². The minimum Gasteiger partial charge on any atom is -0.383 e. The lowest BCUT2D eigenvalue weighted by Gasteiger charge is -2.24. The molecule has 0 aliphatic carbocycles. The molecule has 1 aromatic carbocycles. The summed E-state index contributed by atoms with van der Waals surface area (Å²) in [6.07, 6.45) is 0. The van der Waals surface area contributed by atoms with Crippen LogP contribution in [0.25, 0.3) is 0 Å². The SMILES string of the molecule is COCCN1C(=O)CSC1c1ccc(NC(C)=O)cc1. The molecular formula is C14H18N2O3S. The number of carbonyl (C=O) groups is 2. The van der Waals surface area contributed by atoms with Crippen LogP contribution in [0.15, 0.2) is 24.3 Å². The second-order valence-electron chi connectivity index (χ2n) is 4.55. The third kappa shape index (κ3) is 3.52. The normalized spacial score (nSPS) is 18.4. The zero-order valence-corrected chi connectivity index (χ0v) is 12.4. The van der Waals surface area contributed by atoms with E-state index < -0.39 is 0 Å². The van der Waals surface area contributed by atoms with Gasteiger partial charge in [-0.1, -0.05) is 12.1 Å². The van der Waals surface area contributed by atoms with Crippen LogP contribution >= 0.6 is 11.8 Å². The molecule has 0 aromatic heterocycles. The summed E-state index contributed by atoms with van der Waals surface area (Å²) in [5, 5.41) is 2.76. The molecule has 1 N–H and O–H groups in total. The molecule has 1 aliphatic heterocycles. The lowest BCUT2D eigenvalue weighted by Crippen LogP contribution is -2.31. The fourth-order valence-electron chi connectivity index (χ4n) is 2.10. The number of nitrogens with one attached hydrogen (secondary N) is 1. The molecule has 1 saturated heterocycles. The van der Waals surface area contributed by atoms with E-state index in [2.05, 4.69) is 5.32 Å². The van der Waals surface area contributed by atoms with Crippen molar-refractivity contribution in [1.29, 1.82) is 0 Å². The Kier molecular flexibility index (Phi) is 5.03. The van der Waals surface area contributed by atoms with E-state index in [1.165, 1.54) is 6.92 Å². The summed E-state index contributed by atoms with van der Waals surface area (Å²) in [7, 11) is 1.63. The van der Waals surface area contributed by atoms with Gasteiger partial charge in [0.25, 0.3) is 0 Å². The van der Waals surface area contributed by atoms with Gasteiger partial charge in [-0.15, -0.1) is 11.8 Å². The van der Waals surface area contributed by atoms with Crippen molar-refractivity contribution in [3.8, 4) is 0 Å². The van der Waals surface area contributed by atoms with E-state index in [4.69, 9.17) is 4.74 Å². The molecule has 2 amide bonds. The van der Waals surface area contributed by atoms with E-state index >= 15 is 0 Å². The summed E-state index contributed by atoms with van der Waals surface area (Å²) in [6, 6.07) is 7.60. The predicted molar refractivity (Wildman–Crippen MR) is 79.5 cm³/mol. The first kappa shape index (κ1) is 14.9. The molecule has 1 aromatic rings. The number of rotatable bonds is 5. The van der Waals surface area contributed by atoms with Gasteiger partial charge < -0.3 is 15.0 Å². The standard InChI is InChI=1S/C14H18N2O3S/c1-10(17)15-12-5-3-11(4-6-12)14-16(7-8-19-2)13(18)9-20-14/h3-6,14H,7-9H2,1-2H3,(H,15,17). The lowest BCUT2D eigenvalue weighted by atomic mass is 10.2. The van der Waals surface area contributed by atoms with Crippen molar-refractivity contribution < 1.29 is 14.3 Å². The first-order valence-corrected chi connectivity index (χ1v) is 7.44. The van der Waals surface area contributed by atoms with Crippen molar-refractivity contribution in [2.75, 3.05) is 31.3 Å². The summed E-state index contributed by atoms with van der Waals surface area (Å²) in [5.74, 6) is 0.551. The highest BCUT2D eigenvalue weighted by molar-refractivity contribution is 8.00. The summed E-state index contributed by atoms with van der Waals surface area (Å²) >= 11 is 1.62. The van der Waals surface area contributed by atoms with Crippen molar-refractivity contribution in [2.45, 2.75) is 12.3 Å². The van der Waals surface area contributed by atoms with Gasteiger partial charge in [0.1, 0.15) is 5.37 Å². The fraction of sp³-hybridized carbons (Fsp3) is 0.429. The molecule has 0 radical (unpaired) electrons. The van der Waals surface area contributed by atoms with Crippen LogP contribution in [-0.4, -0.2) is 42.7 Å². The average molecular weight is 294 g/mol. The minimum atomic E-state index is -0.0927. The minimum absolute atomic E-state index is 0.0315. The van der Waals surface area contributed by atoms with Crippen LogP contribution in [0.5, 0.6) is 0 Å². The van der Waals surface area contributed by atoms with Crippen LogP contribution in [0.3, 0.4) is 0 Å². The first-order chi connectivity index (χ1) is 9.61. The van der Waals surface area contributed by atoms with Gasteiger partial charge in [0.15, 0.2) is 0 Å². The number of thioether (sulfide) groups is 1. The molecule has 0 bridgehead atoms. The zero-order chi connectivity index (χ0) is 14.5. The second kappa shape index (κ2) is 6.76. The van der Waals surface area contributed by atoms with E-state index in [-0.39, 0.29) is 17.2 Å². The van der Waals surface area contributed by atoms with Gasteiger partial charge in [-0.25, -0.2) is 0 Å². The second-order valence-corrected chi connectivity index (χ2v) is 5.62. The highest BCUT2D eigenvalue weighted by atomic mass is 32.2. The lowest BCUT2D eigenvalue weighted by molar-refractivity contribution is -0.128. The molecule has 1 fully saturated rings. The van der Waals surface area contributed by atoms with Gasteiger partial charge >= 0.3 is 0 Å². The maximum absolute atomic E-state index is 11.9. The van der Waals surface area contributed by atoms with Crippen LogP contribution < -0.4 is 5.32 Å². The van der Waals surface area contributed by atoms with Crippen molar-refractivity contribution in [1.82, 2.24) is 4.90 Å². The summed E-state index contributed by atoms with van der Waals surface area (Å²) in [4.78, 5) is 24.7. The Balaban J connectivity index is 2.09. The molecule has 1 aliphatic rings. The van der Waals surface area contributed by atoms with Crippen LogP contribution in [0.4, 0.5) is 5.69 Å². The monoisotopic (exact) mass is 294 g/mol. The Morgan fingerprint density at radius 1 is 1.45 bits per heavy atom. The molecule has 6 heteroatoms. The molecule has 0 spiro atoms. The van der Waals surface area contributed by atoms with Crippen molar-refractivity contribution >= 4 is 29.3 Å². The molecule has 0 saturated carbocycles. The molecule has 1 unspecified atom stereocenters. The topological polar surface area (TPSA) is 58.6 Å². The molecular weight excluding hydrogens is 276 g/mol. The molecule has 2 rings (SSSR count). The number of anilines is 1. The van der Waals surface area contributed by atoms with Crippen molar-refractivity contribution in [3.05, 3.63) is 29.8 Å². The Bertz CT molecular complexity index is 490. The molecule has 1 heterocycles. The third-order valence-electron chi connectivity index (χ3n) is 3.02. The van der Waals surface area contributed by atoms with E-state index in [1.807, 2.05) is 29.2 Å². The van der Waals surface area contributed by atoms with Crippen molar-refractivity contribution in [3.63, 3.8) is 0 Å². The van der Waals surface area contributed by atoms with Gasteiger partial charge in [0.05, 0.1) is 12.4 Å². The largest absolute Gasteiger partial charge is 0.383 e. The zero-order valence-electron chi connectivity index (χ0n) is 11.6. The van der Waals surface area contributed by atoms with E-state index in [0.717, 1.165) is 11.3 Å². The van der Waals surface area contributed by atoms with Gasteiger partial charge in [0, 0.05) is 26.3 Å². The van der Waals surface area contributed by atoms with E-state index in [1.54, 1.807) is 18.9 Å². The average Bonchev–Trinajstić information content (AvgIpc) is 2.78. The van der Waals surface area contributed by atoms with Crippen LogP contribution in [-0.2, 0) is 14.3 Å². The van der Waals surface area contributed by atoms with E-state index in [9.17, 15) is 9.59 Å². The molecule has 20 heavy (non-hydrogen) atoms. The number of hydrogen-bond acceptors (Lipinski definition) is 4. The fourth-order valence-corrected chi connectivity index (χ4v) is 3.31. The third-order valence-corrected chi connectivity index (χ3v) is 4.28. The Morgan fingerprint density at radius 2 is 2.15 bits per heavy atom. The summed E-state index contributed by atoms with van der Waals surface area (Å²) < 4.78 is 5.05. The van der Waals surface area contributed by atoms with Gasteiger partial charge in [0.2, 0.25) is 11.8 Å². The number of amides is 2. The van der Waals surface area contributed by atoms with Crippen LogP contribution in [0, 0.1) is 0 Å². The Hall–Kier alpha value is -1.53. The number of hydrogen-bond donors (Lipinski definition) is 1. The predicted octanol–water partition coefficient (Wildman–Crippen LogP) is 1.87. The number of benzene rings is 1. The number of carbonyl (C=O) groups excluding carboxylic acids is 2. The van der Waals surface area contributed by atoms with E-state index in [0.29, 0.717) is 18.9 Å². The molecule has 5 nitrogen and oxygen atoms in total. The van der Waals surface area contributed by atoms with Crippen LogP contribution in [0.1, 0.15) is 17.9 Å². The summed E-state index contributed by atoms with van der Waals surface area (Å²) in [5.41, 5.74) is 1.82. The van der Waals surface area contributed by atoms with Crippen LogP contribution in [0.2, 0.25) is 0 Å². The quantitative estimate of drug-likeness (QED) is 0.900. The number of nitrogens with zero attached hydrogens (tertiary/aromatic N) is 1. The molecule has 1 atom stereocenters. The Labute approximate surface area is 122 Å². The molecule has 108 valence electrons. The maximum Gasteiger partial charge on any atom is 0.233 e. The maximum atomic E-state index is 11.9. The smallest absolute Gasteiger partial charge is 0.233 e. The summed E-state index contributed by atoms with van der Waals surface area (Å²) in [6.45, 7) is 2.61.